The number of thioether (sulfide) groups is 1. The first-order valence-corrected chi connectivity index (χ1v) is 14.0. The lowest BCUT2D eigenvalue weighted by Crippen LogP contribution is -2.53. The minimum Gasteiger partial charge on any atom is -0.439 e. The number of carbonyl (C=O) groups excluding carboxylic acids is 3. The molecule has 204 valence electrons. The summed E-state index contributed by atoms with van der Waals surface area (Å²) < 4.78 is 5.86. The number of aromatic nitrogens is 2. The quantitative estimate of drug-likeness (QED) is 0.371. The molecule has 0 bridgehead atoms. The van der Waals surface area contributed by atoms with Gasteiger partial charge >= 0.3 is 6.03 Å². The lowest BCUT2D eigenvalue weighted by atomic mass is 9.99. The number of hydrogen-bond donors (Lipinski definition) is 3. The van der Waals surface area contributed by atoms with Gasteiger partial charge < -0.3 is 20.7 Å². The standard InChI is InChI=1S/C29H28N6O4S/c1-3-22(36)32-19-7-5-8-20(19)33-27(37)26-25-24-21(14-15-30-28(24)40-26)35(29(38)34-25)17-10-12-18(13-11-17)39-23-9-4-6-16(2)31-23/h3-4,6,9-15,19-20,25-26H,1,5,7-8H2,2H3,(H,32,36)(H,33,37)(H,34,38)/t19-,20+,25?,26?/m0/s1. The van der Waals surface area contributed by atoms with Gasteiger partial charge in [-0.15, -0.1) is 0 Å². The lowest BCUT2D eigenvalue weighted by molar-refractivity contribution is -0.122. The van der Waals surface area contributed by atoms with Crippen LogP contribution in [-0.2, 0) is 9.59 Å². The fourth-order valence-electron chi connectivity index (χ4n) is 5.45. The number of anilines is 2. The molecule has 3 aliphatic rings. The van der Waals surface area contributed by atoms with Crippen molar-refractivity contribution in [2.75, 3.05) is 4.90 Å². The molecule has 10 nitrogen and oxygen atoms in total. The Morgan fingerprint density at radius 1 is 1.12 bits per heavy atom. The van der Waals surface area contributed by atoms with Crippen LogP contribution in [0.5, 0.6) is 11.6 Å². The van der Waals surface area contributed by atoms with Gasteiger partial charge in [0, 0.05) is 35.6 Å². The van der Waals surface area contributed by atoms with Crippen LogP contribution >= 0.6 is 11.8 Å². The summed E-state index contributed by atoms with van der Waals surface area (Å²) in [5, 5.41) is 9.18. The van der Waals surface area contributed by atoms with Crippen LogP contribution in [0.15, 0.2) is 72.4 Å². The number of ether oxygens (including phenoxy) is 1. The van der Waals surface area contributed by atoms with Crippen molar-refractivity contribution in [3.63, 3.8) is 0 Å². The van der Waals surface area contributed by atoms with Crippen LogP contribution in [-0.4, -0.2) is 45.1 Å². The third-order valence-corrected chi connectivity index (χ3v) is 8.59. The van der Waals surface area contributed by atoms with E-state index in [0.717, 1.165) is 30.5 Å². The molecule has 1 aliphatic carbocycles. The summed E-state index contributed by atoms with van der Waals surface area (Å²) in [5.41, 5.74) is 3.01. The molecule has 2 unspecified atom stereocenters. The van der Waals surface area contributed by atoms with Gasteiger partial charge in [0.1, 0.15) is 16.0 Å². The summed E-state index contributed by atoms with van der Waals surface area (Å²) in [7, 11) is 0. The maximum Gasteiger partial charge on any atom is 0.327 e. The number of rotatable bonds is 7. The first-order chi connectivity index (χ1) is 19.4. The Kier molecular flexibility index (Phi) is 6.89. The number of hydrogen-bond acceptors (Lipinski definition) is 7. The number of nitrogens with one attached hydrogen (secondary N) is 3. The maximum atomic E-state index is 13.5. The second kappa shape index (κ2) is 10.6. The van der Waals surface area contributed by atoms with Gasteiger partial charge in [-0.2, -0.15) is 0 Å². The molecule has 3 N–H and O–H groups in total. The van der Waals surface area contributed by atoms with E-state index in [2.05, 4.69) is 32.5 Å². The van der Waals surface area contributed by atoms with Crippen molar-refractivity contribution < 1.29 is 19.1 Å². The van der Waals surface area contributed by atoms with Gasteiger partial charge in [-0.1, -0.05) is 24.4 Å². The van der Waals surface area contributed by atoms with Crippen LogP contribution < -0.4 is 25.6 Å². The van der Waals surface area contributed by atoms with Crippen LogP contribution in [0, 0.1) is 6.92 Å². The molecule has 1 saturated carbocycles. The molecular formula is C29H28N6O4S. The Morgan fingerprint density at radius 2 is 1.90 bits per heavy atom. The van der Waals surface area contributed by atoms with E-state index in [9.17, 15) is 14.4 Å². The highest BCUT2D eigenvalue weighted by Crippen LogP contribution is 2.50. The van der Waals surface area contributed by atoms with Gasteiger partial charge in [0.2, 0.25) is 17.7 Å². The van der Waals surface area contributed by atoms with Crippen molar-refractivity contribution in [2.24, 2.45) is 0 Å². The number of urea groups is 1. The average Bonchev–Trinajstić information content (AvgIpc) is 3.54. The molecular weight excluding hydrogens is 528 g/mol. The number of nitrogens with zero attached hydrogens (tertiary/aromatic N) is 3. The summed E-state index contributed by atoms with van der Waals surface area (Å²) in [4.78, 5) is 49.2. The smallest absolute Gasteiger partial charge is 0.327 e. The first-order valence-electron chi connectivity index (χ1n) is 13.1. The van der Waals surface area contributed by atoms with E-state index < -0.39 is 11.3 Å². The van der Waals surface area contributed by atoms with E-state index in [1.54, 1.807) is 35.4 Å². The van der Waals surface area contributed by atoms with E-state index in [0.29, 0.717) is 28.0 Å². The molecule has 6 rings (SSSR count). The van der Waals surface area contributed by atoms with E-state index >= 15 is 0 Å². The fourth-order valence-corrected chi connectivity index (χ4v) is 6.69. The van der Waals surface area contributed by atoms with Crippen LogP contribution in [0.3, 0.4) is 0 Å². The number of benzene rings is 1. The van der Waals surface area contributed by atoms with Crippen LogP contribution in [0.2, 0.25) is 0 Å². The van der Waals surface area contributed by atoms with Crippen LogP contribution in [0.25, 0.3) is 0 Å². The molecule has 4 amide bonds. The minimum atomic E-state index is -0.580. The van der Waals surface area contributed by atoms with E-state index in [4.69, 9.17) is 4.74 Å². The molecule has 1 fully saturated rings. The van der Waals surface area contributed by atoms with Gasteiger partial charge in [0.25, 0.3) is 0 Å². The summed E-state index contributed by atoms with van der Waals surface area (Å²) in [6.07, 6.45) is 5.35. The van der Waals surface area contributed by atoms with Gasteiger partial charge in [-0.05, 0) is 68.7 Å². The van der Waals surface area contributed by atoms with E-state index in [1.165, 1.54) is 17.8 Å². The second-order valence-electron chi connectivity index (χ2n) is 9.93. The van der Waals surface area contributed by atoms with E-state index in [1.807, 2.05) is 31.2 Å². The molecule has 1 aromatic carbocycles. The van der Waals surface area contributed by atoms with E-state index in [-0.39, 0.29) is 29.9 Å². The number of carbonyl (C=O) groups is 3. The SMILES string of the molecule is C=CC(=O)N[C@H]1CCC[C@H]1NC(=O)C1Sc2nccc3c2C1NC(=O)N3c1ccc(Oc2cccc(C)n2)cc1. The summed E-state index contributed by atoms with van der Waals surface area (Å²) in [5.74, 6) is 0.642. The van der Waals surface area contributed by atoms with Gasteiger partial charge in [0.05, 0.1) is 17.4 Å². The van der Waals surface area contributed by atoms with Crippen molar-refractivity contribution in [1.82, 2.24) is 25.9 Å². The molecule has 2 aromatic heterocycles. The Morgan fingerprint density at radius 3 is 2.65 bits per heavy atom. The number of pyridine rings is 2. The third-order valence-electron chi connectivity index (χ3n) is 7.30. The Balaban J connectivity index is 1.20. The highest BCUT2D eigenvalue weighted by Gasteiger charge is 2.47. The van der Waals surface area contributed by atoms with Gasteiger partial charge in [0.15, 0.2) is 0 Å². The second-order valence-corrected chi connectivity index (χ2v) is 11.1. The monoisotopic (exact) mass is 556 g/mol. The molecule has 2 aliphatic heterocycles. The Labute approximate surface area is 235 Å². The molecule has 3 aromatic rings. The van der Waals surface area contributed by atoms with Crippen molar-refractivity contribution in [1.29, 1.82) is 0 Å². The molecule has 40 heavy (non-hydrogen) atoms. The summed E-state index contributed by atoms with van der Waals surface area (Å²) in [6, 6.07) is 13.4. The Bertz CT molecular complexity index is 1500. The minimum absolute atomic E-state index is 0.151. The van der Waals surface area contributed by atoms with Crippen LogP contribution in [0.4, 0.5) is 16.2 Å². The maximum absolute atomic E-state index is 13.5. The largest absolute Gasteiger partial charge is 0.439 e. The summed E-state index contributed by atoms with van der Waals surface area (Å²) >= 11 is 1.34. The van der Waals surface area contributed by atoms with Crippen molar-refractivity contribution in [2.45, 2.75) is 54.6 Å². The predicted octanol–water partition coefficient (Wildman–Crippen LogP) is 4.29. The highest BCUT2D eigenvalue weighted by atomic mass is 32.2. The topological polar surface area (TPSA) is 126 Å². The molecule has 0 spiro atoms. The van der Waals surface area contributed by atoms with Gasteiger partial charge in [-0.3, -0.25) is 14.5 Å². The molecule has 0 radical (unpaired) electrons. The zero-order valence-electron chi connectivity index (χ0n) is 21.8. The third kappa shape index (κ3) is 4.88. The fraction of sp³-hybridized carbons (Fsp3) is 0.276. The summed E-state index contributed by atoms with van der Waals surface area (Å²) in [6.45, 7) is 5.40. The number of amides is 4. The average molecular weight is 557 g/mol. The highest BCUT2D eigenvalue weighted by molar-refractivity contribution is 8.01. The lowest BCUT2D eigenvalue weighted by Gasteiger charge is -2.34. The zero-order chi connectivity index (χ0) is 27.8. The normalized spacial score (nSPS) is 22.7. The van der Waals surface area contributed by atoms with Crippen LogP contribution in [0.1, 0.15) is 36.6 Å². The predicted molar refractivity (Wildman–Crippen MR) is 151 cm³/mol. The Hall–Kier alpha value is -4.38. The van der Waals surface area contributed by atoms with Crippen molar-refractivity contribution in [3.05, 3.63) is 78.6 Å². The molecule has 11 heteroatoms. The number of aryl methyl sites for hydroxylation is 1. The molecule has 0 saturated heterocycles. The van der Waals surface area contributed by atoms with Gasteiger partial charge in [-0.25, -0.2) is 14.8 Å². The van der Waals surface area contributed by atoms with Crippen molar-refractivity contribution in [3.8, 4) is 11.6 Å². The van der Waals surface area contributed by atoms with Crippen molar-refractivity contribution >= 4 is 41.0 Å². The molecule has 4 atom stereocenters. The first kappa shape index (κ1) is 25.9. The zero-order valence-corrected chi connectivity index (χ0v) is 22.6. The molecule has 4 heterocycles.